The van der Waals surface area contributed by atoms with Crippen LogP contribution in [0.25, 0.3) is 0 Å². The fourth-order valence-corrected chi connectivity index (χ4v) is 3.61. The van der Waals surface area contributed by atoms with Gasteiger partial charge in [0.05, 0.1) is 6.10 Å². The van der Waals surface area contributed by atoms with Crippen LogP contribution >= 0.6 is 0 Å². The van der Waals surface area contributed by atoms with Gasteiger partial charge in [0.1, 0.15) is 0 Å². The zero-order chi connectivity index (χ0) is 19.1. The summed E-state index contributed by atoms with van der Waals surface area (Å²) in [5.74, 6) is 1.28. The van der Waals surface area contributed by atoms with Crippen LogP contribution in [0.5, 0.6) is 0 Å². The Morgan fingerprint density at radius 2 is 1.85 bits per heavy atom. The number of rotatable bonds is 5. The highest BCUT2D eigenvalue weighted by Crippen LogP contribution is 2.33. The van der Waals surface area contributed by atoms with Crippen LogP contribution in [-0.4, -0.2) is 26.2 Å². The molecule has 144 valence electrons. The van der Waals surface area contributed by atoms with Gasteiger partial charge in [0, 0.05) is 32.7 Å². The maximum Gasteiger partial charge on any atom is 0.191 e. The molecule has 2 aromatic carbocycles. The molecule has 3 rings (SSSR count). The molecule has 27 heavy (non-hydrogen) atoms. The number of ether oxygens (including phenoxy) is 1. The van der Waals surface area contributed by atoms with E-state index in [1.54, 1.807) is 0 Å². The van der Waals surface area contributed by atoms with Crippen molar-refractivity contribution in [1.82, 2.24) is 10.6 Å². The van der Waals surface area contributed by atoms with E-state index in [0.717, 1.165) is 32.1 Å². The summed E-state index contributed by atoms with van der Waals surface area (Å²) in [7, 11) is 1.82. The summed E-state index contributed by atoms with van der Waals surface area (Å²) in [4.78, 5) is 4.38. The molecule has 0 aromatic heterocycles. The number of hydrogen-bond donors (Lipinski definition) is 2. The maximum atomic E-state index is 6.13. The number of nitrogens with one attached hydrogen (secondary N) is 2. The zero-order valence-electron chi connectivity index (χ0n) is 16.7. The van der Waals surface area contributed by atoms with Crippen LogP contribution in [0.1, 0.15) is 41.2 Å². The van der Waals surface area contributed by atoms with E-state index >= 15 is 0 Å². The monoisotopic (exact) mass is 365 g/mol. The van der Waals surface area contributed by atoms with Gasteiger partial charge in [0.25, 0.3) is 0 Å². The van der Waals surface area contributed by atoms with Crippen LogP contribution in [0, 0.1) is 19.8 Å². The Hall–Kier alpha value is -2.33. The van der Waals surface area contributed by atoms with Crippen LogP contribution < -0.4 is 10.6 Å². The standard InChI is InChI=1S/C23H31N3O/c1-17-10-12-19(13-11-17)22-21(9-6-14-27-22)16-26-23(24-3)25-15-20-8-5-4-7-18(20)2/h4-5,7-8,10-13,21-22H,6,9,14-16H2,1-3H3,(H2,24,25,26). The van der Waals surface area contributed by atoms with E-state index in [-0.39, 0.29) is 6.10 Å². The highest BCUT2D eigenvalue weighted by Gasteiger charge is 2.27. The molecule has 4 nitrogen and oxygen atoms in total. The zero-order valence-corrected chi connectivity index (χ0v) is 16.7. The normalized spacial score (nSPS) is 20.3. The van der Waals surface area contributed by atoms with Gasteiger partial charge in [-0.05, 0) is 43.4 Å². The SMILES string of the molecule is CN=C(NCc1ccccc1C)NCC1CCCOC1c1ccc(C)cc1. The Labute approximate surface area is 163 Å². The first-order valence-corrected chi connectivity index (χ1v) is 9.84. The van der Waals surface area contributed by atoms with Crippen molar-refractivity contribution in [3.05, 3.63) is 70.8 Å². The van der Waals surface area contributed by atoms with Gasteiger partial charge >= 0.3 is 0 Å². The largest absolute Gasteiger partial charge is 0.373 e. The Bertz CT molecular complexity index is 754. The molecule has 0 amide bonds. The fraction of sp³-hybridized carbons (Fsp3) is 0.435. The molecule has 2 unspecified atom stereocenters. The molecule has 1 saturated heterocycles. The van der Waals surface area contributed by atoms with E-state index in [2.05, 4.69) is 78.0 Å². The van der Waals surface area contributed by atoms with Crippen LogP contribution in [0.15, 0.2) is 53.5 Å². The highest BCUT2D eigenvalue weighted by molar-refractivity contribution is 5.79. The lowest BCUT2D eigenvalue weighted by atomic mass is 9.89. The summed E-state index contributed by atoms with van der Waals surface area (Å²) < 4.78 is 6.13. The number of guanidine groups is 1. The minimum atomic E-state index is 0.154. The Kier molecular flexibility index (Phi) is 6.88. The van der Waals surface area contributed by atoms with Crippen molar-refractivity contribution in [1.29, 1.82) is 0 Å². The van der Waals surface area contributed by atoms with E-state index in [0.29, 0.717) is 5.92 Å². The van der Waals surface area contributed by atoms with Gasteiger partial charge in [-0.25, -0.2) is 0 Å². The number of benzene rings is 2. The lowest BCUT2D eigenvalue weighted by Crippen LogP contribution is -2.41. The van der Waals surface area contributed by atoms with Crippen molar-refractivity contribution < 1.29 is 4.74 Å². The average Bonchev–Trinajstić information content (AvgIpc) is 2.70. The van der Waals surface area contributed by atoms with E-state index in [4.69, 9.17) is 4.74 Å². The summed E-state index contributed by atoms with van der Waals surface area (Å²) in [5, 5.41) is 6.93. The highest BCUT2D eigenvalue weighted by atomic mass is 16.5. The van der Waals surface area contributed by atoms with Crippen molar-refractivity contribution in [2.24, 2.45) is 10.9 Å². The third-order valence-electron chi connectivity index (χ3n) is 5.31. The van der Waals surface area contributed by atoms with Crippen LogP contribution in [0.2, 0.25) is 0 Å². The van der Waals surface area contributed by atoms with Gasteiger partial charge in [-0.2, -0.15) is 0 Å². The Morgan fingerprint density at radius 1 is 1.07 bits per heavy atom. The number of aryl methyl sites for hydroxylation is 2. The predicted molar refractivity (Wildman–Crippen MR) is 112 cm³/mol. The van der Waals surface area contributed by atoms with Crippen molar-refractivity contribution in [3.8, 4) is 0 Å². The van der Waals surface area contributed by atoms with Gasteiger partial charge < -0.3 is 15.4 Å². The lowest BCUT2D eigenvalue weighted by molar-refractivity contribution is -0.0265. The summed E-state index contributed by atoms with van der Waals surface area (Å²) in [6.45, 7) is 6.73. The second kappa shape index (κ2) is 9.56. The van der Waals surface area contributed by atoms with Crippen LogP contribution in [0.3, 0.4) is 0 Å². The number of hydrogen-bond acceptors (Lipinski definition) is 2. The average molecular weight is 366 g/mol. The van der Waals surface area contributed by atoms with Crippen molar-refractivity contribution in [2.45, 2.75) is 39.3 Å². The molecule has 1 fully saturated rings. The molecule has 2 atom stereocenters. The topological polar surface area (TPSA) is 45.7 Å². The predicted octanol–water partition coefficient (Wildman–Crippen LogP) is 4.14. The molecule has 0 bridgehead atoms. The number of aliphatic imine (C=N–C) groups is 1. The maximum absolute atomic E-state index is 6.13. The number of nitrogens with zero attached hydrogens (tertiary/aromatic N) is 1. The van der Waals surface area contributed by atoms with E-state index in [1.807, 2.05) is 7.05 Å². The first-order valence-electron chi connectivity index (χ1n) is 9.84. The Morgan fingerprint density at radius 3 is 2.59 bits per heavy atom. The molecule has 4 heteroatoms. The van der Waals surface area contributed by atoms with Crippen molar-refractivity contribution in [3.63, 3.8) is 0 Å². The molecule has 2 aromatic rings. The molecule has 1 aliphatic rings. The molecular weight excluding hydrogens is 334 g/mol. The summed E-state index contributed by atoms with van der Waals surface area (Å²) >= 11 is 0. The minimum absolute atomic E-state index is 0.154. The third-order valence-corrected chi connectivity index (χ3v) is 5.31. The molecule has 0 spiro atoms. The molecule has 1 aliphatic heterocycles. The van der Waals surface area contributed by atoms with Gasteiger partial charge in [0.15, 0.2) is 5.96 Å². The molecule has 0 aliphatic carbocycles. The first kappa shape index (κ1) is 19.4. The summed E-state index contributed by atoms with van der Waals surface area (Å²) in [5.41, 5.74) is 5.14. The van der Waals surface area contributed by atoms with Crippen LogP contribution in [-0.2, 0) is 11.3 Å². The van der Waals surface area contributed by atoms with E-state index < -0.39 is 0 Å². The summed E-state index contributed by atoms with van der Waals surface area (Å²) in [6, 6.07) is 17.2. The van der Waals surface area contributed by atoms with Crippen molar-refractivity contribution >= 4 is 5.96 Å². The van der Waals surface area contributed by atoms with Crippen LogP contribution in [0.4, 0.5) is 0 Å². The van der Waals surface area contributed by atoms with Gasteiger partial charge in [-0.1, -0.05) is 54.1 Å². The van der Waals surface area contributed by atoms with E-state index in [1.165, 1.54) is 28.7 Å². The second-order valence-electron chi connectivity index (χ2n) is 7.34. The second-order valence-corrected chi connectivity index (χ2v) is 7.34. The molecular formula is C23H31N3O. The van der Waals surface area contributed by atoms with Gasteiger partial charge in [-0.3, -0.25) is 4.99 Å². The fourth-order valence-electron chi connectivity index (χ4n) is 3.61. The molecule has 2 N–H and O–H groups in total. The molecule has 0 saturated carbocycles. The van der Waals surface area contributed by atoms with Gasteiger partial charge in [0.2, 0.25) is 0 Å². The lowest BCUT2D eigenvalue weighted by Gasteiger charge is -2.32. The smallest absolute Gasteiger partial charge is 0.191 e. The Balaban J connectivity index is 1.57. The van der Waals surface area contributed by atoms with Gasteiger partial charge in [-0.15, -0.1) is 0 Å². The summed E-state index contributed by atoms with van der Waals surface area (Å²) in [6.07, 6.45) is 2.44. The third kappa shape index (κ3) is 5.33. The molecule has 0 radical (unpaired) electrons. The quantitative estimate of drug-likeness (QED) is 0.618. The first-order chi connectivity index (χ1) is 13.2. The minimum Gasteiger partial charge on any atom is -0.373 e. The van der Waals surface area contributed by atoms with Crippen molar-refractivity contribution in [2.75, 3.05) is 20.2 Å². The molecule has 1 heterocycles. The van der Waals surface area contributed by atoms with E-state index in [9.17, 15) is 0 Å².